The molecule has 104 valence electrons. The molecule has 0 saturated heterocycles. The summed E-state index contributed by atoms with van der Waals surface area (Å²) in [6.07, 6.45) is 7.56. The van der Waals surface area contributed by atoms with Crippen LogP contribution < -0.4 is 10.6 Å². The largest absolute Gasteiger partial charge is 0.373 e. The highest BCUT2D eigenvalue weighted by Crippen LogP contribution is 2.22. The Morgan fingerprint density at radius 2 is 2.16 bits per heavy atom. The Balaban J connectivity index is 1.96. The second-order valence-corrected chi connectivity index (χ2v) is 5.46. The van der Waals surface area contributed by atoms with Crippen molar-refractivity contribution in [2.45, 2.75) is 45.1 Å². The molecular formula is C15H23N3O. The molecule has 1 amide bonds. The van der Waals surface area contributed by atoms with Crippen LogP contribution in [0.25, 0.3) is 0 Å². The Morgan fingerprint density at radius 3 is 2.95 bits per heavy atom. The zero-order valence-corrected chi connectivity index (χ0v) is 11.8. The topological polar surface area (TPSA) is 54.0 Å². The molecule has 4 nitrogen and oxygen atoms in total. The maximum atomic E-state index is 12.2. The van der Waals surface area contributed by atoms with Crippen molar-refractivity contribution >= 4 is 11.7 Å². The molecule has 0 aliphatic heterocycles. The van der Waals surface area contributed by atoms with Gasteiger partial charge in [0, 0.05) is 24.8 Å². The summed E-state index contributed by atoms with van der Waals surface area (Å²) in [5.74, 6) is 1.53. The van der Waals surface area contributed by atoms with Gasteiger partial charge in [-0.3, -0.25) is 4.79 Å². The van der Waals surface area contributed by atoms with Gasteiger partial charge in [0.2, 0.25) is 0 Å². The summed E-state index contributed by atoms with van der Waals surface area (Å²) in [6, 6.07) is 3.87. The van der Waals surface area contributed by atoms with Crippen molar-refractivity contribution in [3.05, 3.63) is 23.9 Å². The molecule has 4 heteroatoms. The van der Waals surface area contributed by atoms with Gasteiger partial charge in [0.15, 0.2) is 0 Å². The molecule has 0 aromatic carbocycles. The Hall–Kier alpha value is -1.58. The molecule has 0 spiro atoms. The molecule has 0 radical (unpaired) electrons. The monoisotopic (exact) mass is 261 g/mol. The summed E-state index contributed by atoms with van der Waals surface area (Å²) >= 11 is 0. The van der Waals surface area contributed by atoms with Gasteiger partial charge in [0.1, 0.15) is 5.82 Å². The molecule has 1 fully saturated rings. The van der Waals surface area contributed by atoms with Gasteiger partial charge < -0.3 is 10.6 Å². The zero-order valence-electron chi connectivity index (χ0n) is 11.8. The van der Waals surface area contributed by atoms with Crippen LogP contribution in [0.15, 0.2) is 18.3 Å². The van der Waals surface area contributed by atoms with Crippen LogP contribution in [0.3, 0.4) is 0 Å². The number of rotatable bonds is 3. The van der Waals surface area contributed by atoms with Crippen molar-refractivity contribution in [1.29, 1.82) is 0 Å². The normalized spacial score (nSPS) is 23.5. The van der Waals surface area contributed by atoms with E-state index in [1.54, 1.807) is 25.4 Å². The number of hydrogen-bond acceptors (Lipinski definition) is 3. The Morgan fingerprint density at radius 1 is 1.32 bits per heavy atom. The average Bonchev–Trinajstić information content (AvgIpc) is 2.64. The average molecular weight is 261 g/mol. The number of nitrogens with zero attached hydrogens (tertiary/aromatic N) is 1. The van der Waals surface area contributed by atoms with Gasteiger partial charge in [-0.1, -0.05) is 19.8 Å². The van der Waals surface area contributed by atoms with Crippen LogP contribution >= 0.6 is 0 Å². The molecule has 1 heterocycles. The van der Waals surface area contributed by atoms with Gasteiger partial charge in [0.25, 0.3) is 5.91 Å². The fourth-order valence-corrected chi connectivity index (χ4v) is 2.61. The van der Waals surface area contributed by atoms with Crippen LogP contribution in [0.1, 0.15) is 49.4 Å². The molecule has 2 atom stereocenters. The highest BCUT2D eigenvalue weighted by atomic mass is 16.1. The van der Waals surface area contributed by atoms with E-state index < -0.39 is 0 Å². The second-order valence-electron chi connectivity index (χ2n) is 5.46. The third-order valence-electron chi connectivity index (χ3n) is 3.87. The molecule has 1 saturated carbocycles. The van der Waals surface area contributed by atoms with Crippen molar-refractivity contribution in [2.24, 2.45) is 5.92 Å². The lowest BCUT2D eigenvalue weighted by molar-refractivity contribution is 0.0933. The minimum Gasteiger partial charge on any atom is -0.373 e. The van der Waals surface area contributed by atoms with Gasteiger partial charge >= 0.3 is 0 Å². The van der Waals surface area contributed by atoms with E-state index in [2.05, 4.69) is 22.5 Å². The quantitative estimate of drug-likeness (QED) is 0.823. The van der Waals surface area contributed by atoms with Crippen molar-refractivity contribution in [2.75, 3.05) is 12.4 Å². The summed E-state index contributed by atoms with van der Waals surface area (Å²) < 4.78 is 0. The predicted molar refractivity (Wildman–Crippen MR) is 77.3 cm³/mol. The van der Waals surface area contributed by atoms with Gasteiger partial charge in [-0.05, 0) is 37.3 Å². The van der Waals surface area contributed by atoms with Gasteiger partial charge in [0.05, 0.1) is 0 Å². The summed E-state index contributed by atoms with van der Waals surface area (Å²) in [7, 11) is 1.80. The van der Waals surface area contributed by atoms with E-state index in [0.29, 0.717) is 11.6 Å². The van der Waals surface area contributed by atoms with E-state index in [-0.39, 0.29) is 5.91 Å². The van der Waals surface area contributed by atoms with Crippen molar-refractivity contribution in [1.82, 2.24) is 10.3 Å². The van der Waals surface area contributed by atoms with Crippen LogP contribution in [-0.4, -0.2) is 24.0 Å². The molecular weight excluding hydrogens is 238 g/mol. The molecule has 2 unspecified atom stereocenters. The van der Waals surface area contributed by atoms with Crippen LogP contribution in [0.4, 0.5) is 5.82 Å². The maximum Gasteiger partial charge on any atom is 0.251 e. The van der Waals surface area contributed by atoms with Gasteiger partial charge in [-0.15, -0.1) is 0 Å². The van der Waals surface area contributed by atoms with Crippen LogP contribution in [0.2, 0.25) is 0 Å². The third-order valence-corrected chi connectivity index (χ3v) is 3.87. The summed E-state index contributed by atoms with van der Waals surface area (Å²) in [6.45, 7) is 2.30. The highest BCUT2D eigenvalue weighted by molar-refractivity contribution is 5.94. The molecule has 1 aliphatic carbocycles. The summed E-state index contributed by atoms with van der Waals surface area (Å²) in [5.41, 5.74) is 0.677. The van der Waals surface area contributed by atoms with E-state index in [9.17, 15) is 4.79 Å². The fourth-order valence-electron chi connectivity index (χ4n) is 2.61. The van der Waals surface area contributed by atoms with Crippen molar-refractivity contribution < 1.29 is 4.79 Å². The molecule has 1 aromatic rings. The number of carbonyl (C=O) groups excluding carboxylic acids is 1. The Kier molecular flexibility index (Phi) is 4.77. The van der Waals surface area contributed by atoms with Crippen LogP contribution in [0, 0.1) is 5.92 Å². The fraction of sp³-hybridized carbons (Fsp3) is 0.600. The third kappa shape index (κ3) is 3.94. The second kappa shape index (κ2) is 6.55. The summed E-state index contributed by atoms with van der Waals surface area (Å²) in [5, 5.41) is 6.10. The molecule has 0 bridgehead atoms. The number of hydrogen-bond donors (Lipinski definition) is 2. The lowest BCUT2D eigenvalue weighted by Crippen LogP contribution is -2.34. The van der Waals surface area contributed by atoms with Gasteiger partial charge in [-0.2, -0.15) is 0 Å². The lowest BCUT2D eigenvalue weighted by atomic mass is 10.0. The number of carbonyl (C=O) groups is 1. The molecule has 2 N–H and O–H groups in total. The first kappa shape index (κ1) is 13.8. The minimum atomic E-state index is 0.0125. The van der Waals surface area contributed by atoms with E-state index in [4.69, 9.17) is 0 Å². The van der Waals surface area contributed by atoms with Crippen molar-refractivity contribution in [3.63, 3.8) is 0 Å². The number of amides is 1. The smallest absolute Gasteiger partial charge is 0.251 e. The number of pyridine rings is 1. The summed E-state index contributed by atoms with van der Waals surface area (Å²) in [4.78, 5) is 16.3. The van der Waals surface area contributed by atoms with E-state index in [1.165, 1.54) is 19.3 Å². The van der Waals surface area contributed by atoms with E-state index >= 15 is 0 Å². The number of nitrogens with one attached hydrogen (secondary N) is 2. The maximum absolute atomic E-state index is 12.2. The van der Waals surface area contributed by atoms with Crippen LogP contribution in [0.5, 0.6) is 0 Å². The van der Waals surface area contributed by atoms with Crippen LogP contribution in [-0.2, 0) is 0 Å². The SMILES string of the molecule is CNc1cc(C(=O)NC2CCCC(C)CC2)ccn1. The number of aromatic nitrogens is 1. The molecule has 1 aliphatic rings. The first-order valence-electron chi connectivity index (χ1n) is 7.13. The Bertz CT molecular complexity index is 433. The highest BCUT2D eigenvalue weighted by Gasteiger charge is 2.18. The van der Waals surface area contributed by atoms with Gasteiger partial charge in [-0.25, -0.2) is 4.98 Å². The predicted octanol–water partition coefficient (Wildman–Crippen LogP) is 2.82. The molecule has 2 rings (SSSR count). The standard InChI is InChI=1S/C15H23N3O/c1-11-4-3-5-13(7-6-11)18-15(19)12-8-9-17-14(10-12)16-2/h8-11,13H,3-7H2,1-2H3,(H,16,17)(H,18,19). The lowest BCUT2D eigenvalue weighted by Gasteiger charge is -2.16. The molecule has 19 heavy (non-hydrogen) atoms. The van der Waals surface area contributed by atoms with Crippen molar-refractivity contribution in [3.8, 4) is 0 Å². The Labute approximate surface area is 115 Å². The minimum absolute atomic E-state index is 0.0125. The zero-order chi connectivity index (χ0) is 13.7. The van der Waals surface area contributed by atoms with E-state index in [1.807, 2.05) is 0 Å². The first-order valence-corrected chi connectivity index (χ1v) is 7.13. The molecule has 1 aromatic heterocycles. The first-order chi connectivity index (χ1) is 9.19. The van der Waals surface area contributed by atoms with E-state index in [0.717, 1.165) is 24.6 Å². The number of anilines is 1.